The fraction of sp³-hybridized carbons (Fsp3) is 0.733. The van der Waals surface area contributed by atoms with Crippen LogP contribution in [-0.2, 0) is 23.9 Å². The molecule has 1 fully saturated rings. The van der Waals surface area contributed by atoms with Gasteiger partial charge in [0.1, 0.15) is 12.1 Å². The molecule has 2 atom stereocenters. The molecule has 1 aliphatic heterocycles. The highest BCUT2D eigenvalue weighted by Gasteiger charge is 2.38. The average Bonchev–Trinajstić information content (AvgIpc) is 2.98. The molecule has 23 heavy (non-hydrogen) atoms. The minimum absolute atomic E-state index is 0.0667. The van der Waals surface area contributed by atoms with E-state index in [2.05, 4.69) is 10.1 Å². The van der Waals surface area contributed by atoms with Gasteiger partial charge in [-0.3, -0.25) is 14.4 Å². The van der Waals surface area contributed by atoms with Gasteiger partial charge in [-0.15, -0.1) is 0 Å². The highest BCUT2D eigenvalue weighted by atomic mass is 16.5. The molecule has 1 aliphatic rings. The number of amides is 2. The number of esters is 1. The lowest BCUT2D eigenvalue weighted by molar-refractivity contribution is -0.150. The van der Waals surface area contributed by atoms with Crippen molar-refractivity contribution in [2.24, 2.45) is 5.92 Å². The van der Waals surface area contributed by atoms with Gasteiger partial charge in [-0.25, -0.2) is 4.79 Å². The number of carbonyl (C=O) groups excluding carboxylic acids is 3. The molecule has 0 saturated carbocycles. The van der Waals surface area contributed by atoms with Gasteiger partial charge in [-0.1, -0.05) is 13.8 Å². The summed E-state index contributed by atoms with van der Waals surface area (Å²) in [7, 11) is 1.24. The monoisotopic (exact) mass is 328 g/mol. The minimum Gasteiger partial charge on any atom is -0.480 e. The lowest BCUT2D eigenvalue weighted by Crippen LogP contribution is -2.53. The van der Waals surface area contributed by atoms with Gasteiger partial charge in [0.15, 0.2) is 0 Å². The van der Waals surface area contributed by atoms with Crippen molar-refractivity contribution in [3.63, 3.8) is 0 Å². The molecule has 0 radical (unpaired) electrons. The maximum atomic E-state index is 12.6. The fourth-order valence-corrected chi connectivity index (χ4v) is 2.54. The highest BCUT2D eigenvalue weighted by molar-refractivity contribution is 5.91. The first-order valence-electron chi connectivity index (χ1n) is 7.67. The number of hydrogen-bond acceptors (Lipinski definition) is 5. The number of methoxy groups -OCH3 is 1. The Kier molecular flexibility index (Phi) is 6.99. The summed E-state index contributed by atoms with van der Waals surface area (Å²) in [6.45, 7) is 3.92. The van der Waals surface area contributed by atoms with Crippen LogP contribution >= 0.6 is 0 Å². The van der Waals surface area contributed by atoms with E-state index in [4.69, 9.17) is 0 Å². The average molecular weight is 328 g/mol. The van der Waals surface area contributed by atoms with E-state index in [1.54, 1.807) is 13.8 Å². The Morgan fingerprint density at radius 3 is 2.43 bits per heavy atom. The zero-order valence-electron chi connectivity index (χ0n) is 13.7. The lowest BCUT2D eigenvalue weighted by atomic mass is 10.0. The second-order valence-corrected chi connectivity index (χ2v) is 5.89. The summed E-state index contributed by atoms with van der Waals surface area (Å²) < 4.78 is 4.46. The molecule has 0 spiro atoms. The van der Waals surface area contributed by atoms with Crippen molar-refractivity contribution in [2.75, 3.05) is 13.7 Å². The summed E-state index contributed by atoms with van der Waals surface area (Å²) in [6.07, 6.45) is 0.903. The van der Waals surface area contributed by atoms with E-state index in [-0.39, 0.29) is 18.8 Å². The number of nitrogens with one attached hydrogen (secondary N) is 1. The molecule has 0 aliphatic carbocycles. The second kappa shape index (κ2) is 8.50. The van der Waals surface area contributed by atoms with Crippen LogP contribution in [-0.4, -0.2) is 59.5 Å². The van der Waals surface area contributed by atoms with E-state index in [0.29, 0.717) is 19.4 Å². The largest absolute Gasteiger partial charge is 0.480 e. The van der Waals surface area contributed by atoms with Gasteiger partial charge in [0.2, 0.25) is 11.8 Å². The predicted molar refractivity (Wildman–Crippen MR) is 80.4 cm³/mol. The topological polar surface area (TPSA) is 113 Å². The molecule has 0 aromatic heterocycles. The number of carbonyl (C=O) groups is 4. The quantitative estimate of drug-likeness (QED) is 0.644. The molecule has 8 heteroatoms. The van der Waals surface area contributed by atoms with E-state index >= 15 is 0 Å². The molecule has 0 bridgehead atoms. The first kappa shape index (κ1) is 18.9. The van der Waals surface area contributed by atoms with Gasteiger partial charge >= 0.3 is 11.9 Å². The summed E-state index contributed by atoms with van der Waals surface area (Å²) in [5.41, 5.74) is 0. The van der Waals surface area contributed by atoms with Crippen LogP contribution in [0, 0.1) is 5.92 Å². The summed E-state index contributed by atoms with van der Waals surface area (Å²) >= 11 is 0. The highest BCUT2D eigenvalue weighted by Crippen LogP contribution is 2.20. The normalized spacial score (nSPS) is 18.6. The number of carboxylic acid groups (broad SMARTS) is 1. The third-order valence-electron chi connectivity index (χ3n) is 3.85. The summed E-state index contributed by atoms with van der Waals surface area (Å²) in [5, 5.41) is 11.8. The first-order valence-corrected chi connectivity index (χ1v) is 7.67. The Hall–Kier alpha value is -2.12. The van der Waals surface area contributed by atoms with Crippen LogP contribution < -0.4 is 5.32 Å². The number of aliphatic carboxylic acids is 1. The number of rotatable bonds is 7. The standard InChI is InChI=1S/C15H24N2O6/c1-9(2)13(16-11(18)6-7-12(19)23-3)14(20)17-8-4-5-10(17)15(21)22/h9-10,13H,4-8H2,1-3H3,(H,16,18)(H,21,22)/t10-,13-/m0/s1. The summed E-state index contributed by atoms with van der Waals surface area (Å²) in [6, 6.07) is -1.64. The molecular weight excluding hydrogens is 304 g/mol. The van der Waals surface area contributed by atoms with E-state index in [1.165, 1.54) is 12.0 Å². The lowest BCUT2D eigenvalue weighted by Gasteiger charge is -2.29. The second-order valence-electron chi connectivity index (χ2n) is 5.89. The molecule has 1 saturated heterocycles. The number of likely N-dealkylation sites (tertiary alicyclic amines) is 1. The van der Waals surface area contributed by atoms with E-state index in [0.717, 1.165) is 0 Å². The van der Waals surface area contributed by atoms with Gasteiger partial charge in [0.25, 0.3) is 0 Å². The van der Waals surface area contributed by atoms with Gasteiger partial charge < -0.3 is 20.1 Å². The van der Waals surface area contributed by atoms with Gasteiger partial charge in [-0.05, 0) is 18.8 Å². The van der Waals surface area contributed by atoms with Crippen LogP contribution in [0.4, 0.5) is 0 Å². The minimum atomic E-state index is -1.03. The van der Waals surface area contributed by atoms with Crippen molar-refractivity contribution in [2.45, 2.75) is 51.6 Å². The Labute approximate surface area is 135 Å². The third-order valence-corrected chi connectivity index (χ3v) is 3.85. The van der Waals surface area contributed by atoms with Crippen molar-refractivity contribution >= 4 is 23.8 Å². The molecular formula is C15H24N2O6. The van der Waals surface area contributed by atoms with Crippen molar-refractivity contribution in [3.8, 4) is 0 Å². The molecule has 2 amide bonds. The van der Waals surface area contributed by atoms with E-state index in [9.17, 15) is 24.3 Å². The maximum absolute atomic E-state index is 12.6. The van der Waals surface area contributed by atoms with Gasteiger partial charge in [0, 0.05) is 13.0 Å². The van der Waals surface area contributed by atoms with Crippen LogP contribution in [0.15, 0.2) is 0 Å². The Morgan fingerprint density at radius 1 is 1.26 bits per heavy atom. The van der Waals surface area contributed by atoms with Crippen LogP contribution in [0.1, 0.15) is 39.5 Å². The molecule has 2 N–H and O–H groups in total. The van der Waals surface area contributed by atoms with Crippen LogP contribution in [0.5, 0.6) is 0 Å². The fourth-order valence-electron chi connectivity index (χ4n) is 2.54. The molecule has 130 valence electrons. The first-order chi connectivity index (χ1) is 10.8. The SMILES string of the molecule is COC(=O)CCC(=O)N[C@H](C(=O)N1CCC[C@H]1C(=O)O)C(C)C. The molecule has 0 unspecified atom stereocenters. The summed E-state index contributed by atoms with van der Waals surface area (Å²) in [4.78, 5) is 48.1. The zero-order chi connectivity index (χ0) is 17.6. The zero-order valence-corrected chi connectivity index (χ0v) is 13.7. The number of carboxylic acids is 1. The Bertz CT molecular complexity index is 477. The summed E-state index contributed by atoms with van der Waals surface area (Å²) in [5.74, 6) is -2.56. The van der Waals surface area contributed by atoms with Crippen molar-refractivity contribution in [1.29, 1.82) is 0 Å². The van der Waals surface area contributed by atoms with Gasteiger partial charge in [-0.2, -0.15) is 0 Å². The van der Waals surface area contributed by atoms with Crippen LogP contribution in [0.25, 0.3) is 0 Å². The molecule has 8 nitrogen and oxygen atoms in total. The van der Waals surface area contributed by atoms with E-state index < -0.39 is 35.8 Å². The van der Waals surface area contributed by atoms with Crippen molar-refractivity contribution in [1.82, 2.24) is 10.2 Å². The molecule has 0 aromatic carbocycles. The van der Waals surface area contributed by atoms with Gasteiger partial charge in [0.05, 0.1) is 13.5 Å². The molecule has 0 aromatic rings. The molecule has 1 heterocycles. The molecule has 1 rings (SSSR count). The number of hydrogen-bond donors (Lipinski definition) is 2. The van der Waals surface area contributed by atoms with Crippen LogP contribution in [0.2, 0.25) is 0 Å². The van der Waals surface area contributed by atoms with E-state index in [1.807, 2.05) is 0 Å². The number of ether oxygens (including phenoxy) is 1. The van der Waals surface area contributed by atoms with Crippen molar-refractivity contribution < 1.29 is 29.0 Å². The number of nitrogens with zero attached hydrogens (tertiary/aromatic N) is 1. The third kappa shape index (κ3) is 5.22. The predicted octanol–water partition coefficient (Wildman–Crippen LogP) is 0.156. The Morgan fingerprint density at radius 2 is 1.91 bits per heavy atom. The maximum Gasteiger partial charge on any atom is 0.326 e. The Balaban J connectivity index is 2.70. The smallest absolute Gasteiger partial charge is 0.326 e. The van der Waals surface area contributed by atoms with Crippen molar-refractivity contribution in [3.05, 3.63) is 0 Å². The van der Waals surface area contributed by atoms with Crippen LogP contribution in [0.3, 0.4) is 0 Å².